The highest BCUT2D eigenvalue weighted by Gasteiger charge is 2.38. The molecular weight excluding hydrogens is 325 g/mol. The van der Waals surface area contributed by atoms with Crippen LogP contribution in [0.15, 0.2) is 24.3 Å². The summed E-state index contributed by atoms with van der Waals surface area (Å²) in [5, 5.41) is 12.0. The Morgan fingerprint density at radius 3 is 2.71 bits per heavy atom. The molecule has 1 aliphatic rings. The van der Waals surface area contributed by atoms with E-state index in [1.54, 1.807) is 31.2 Å². The molecule has 0 bridgehead atoms. The number of alkyl halides is 3. The van der Waals surface area contributed by atoms with E-state index in [-0.39, 0.29) is 31.5 Å². The summed E-state index contributed by atoms with van der Waals surface area (Å²) in [6.45, 7) is 0.865. The lowest BCUT2D eigenvalue weighted by atomic mass is 10.1. The minimum Gasteiger partial charge on any atom is -0.508 e. The molecule has 0 aromatic heterocycles. The van der Waals surface area contributed by atoms with Crippen molar-refractivity contribution in [3.8, 4) is 5.75 Å². The number of nitrogens with zero attached hydrogens (tertiary/aromatic N) is 1. The number of rotatable bonds is 5. The van der Waals surface area contributed by atoms with Crippen molar-refractivity contribution in [2.24, 2.45) is 0 Å². The van der Waals surface area contributed by atoms with Gasteiger partial charge in [-0.3, -0.25) is 9.69 Å². The highest BCUT2D eigenvalue weighted by Crippen LogP contribution is 2.20. The molecule has 1 aliphatic heterocycles. The molecule has 0 unspecified atom stereocenters. The van der Waals surface area contributed by atoms with E-state index in [0.29, 0.717) is 6.42 Å². The lowest BCUT2D eigenvalue weighted by Crippen LogP contribution is -2.57. The summed E-state index contributed by atoms with van der Waals surface area (Å²) in [4.78, 5) is 13.4. The SMILES string of the molecule is C[C@@H](Cc1ccc(O)cc1)NC(=O)[C@@H]1COCCN1CC(F)(F)F. The number of hydrogen-bond acceptors (Lipinski definition) is 4. The summed E-state index contributed by atoms with van der Waals surface area (Å²) >= 11 is 0. The minimum absolute atomic E-state index is 0.0478. The molecule has 2 atom stereocenters. The third-order valence-corrected chi connectivity index (χ3v) is 3.79. The van der Waals surface area contributed by atoms with Gasteiger partial charge in [0.2, 0.25) is 5.91 Å². The van der Waals surface area contributed by atoms with E-state index >= 15 is 0 Å². The average molecular weight is 346 g/mol. The highest BCUT2D eigenvalue weighted by atomic mass is 19.4. The first-order valence-corrected chi connectivity index (χ1v) is 7.71. The van der Waals surface area contributed by atoms with Gasteiger partial charge in [-0.05, 0) is 31.0 Å². The standard InChI is InChI=1S/C16H21F3N2O3/c1-11(8-12-2-4-13(22)5-3-12)20-15(23)14-9-24-7-6-21(14)10-16(17,18)19/h2-5,11,14,22H,6-10H2,1H3,(H,20,23)/t11-,14-/m0/s1. The Balaban J connectivity index is 1.92. The summed E-state index contributed by atoms with van der Waals surface area (Å²) in [7, 11) is 0. The predicted molar refractivity (Wildman–Crippen MR) is 81.7 cm³/mol. The first-order valence-electron chi connectivity index (χ1n) is 7.71. The maximum absolute atomic E-state index is 12.6. The van der Waals surface area contributed by atoms with Crippen LogP contribution in [-0.4, -0.2) is 60.5 Å². The van der Waals surface area contributed by atoms with Crippen LogP contribution in [0.3, 0.4) is 0 Å². The van der Waals surface area contributed by atoms with E-state index < -0.39 is 24.7 Å². The van der Waals surface area contributed by atoms with Crippen LogP contribution < -0.4 is 5.32 Å². The van der Waals surface area contributed by atoms with E-state index in [9.17, 15) is 23.1 Å². The van der Waals surface area contributed by atoms with Gasteiger partial charge in [0.1, 0.15) is 11.8 Å². The summed E-state index contributed by atoms with van der Waals surface area (Å²) in [6.07, 6.45) is -3.84. The third-order valence-electron chi connectivity index (χ3n) is 3.79. The fourth-order valence-corrected chi connectivity index (χ4v) is 2.67. The lowest BCUT2D eigenvalue weighted by Gasteiger charge is -2.35. The Kier molecular flexibility index (Phi) is 6.06. The van der Waals surface area contributed by atoms with Crippen molar-refractivity contribution in [2.75, 3.05) is 26.3 Å². The molecule has 134 valence electrons. The zero-order chi connectivity index (χ0) is 17.7. The highest BCUT2D eigenvalue weighted by molar-refractivity contribution is 5.82. The van der Waals surface area contributed by atoms with E-state index in [4.69, 9.17) is 4.74 Å². The first kappa shape index (κ1) is 18.5. The molecule has 2 N–H and O–H groups in total. The van der Waals surface area contributed by atoms with Crippen molar-refractivity contribution in [3.05, 3.63) is 29.8 Å². The fourth-order valence-electron chi connectivity index (χ4n) is 2.67. The van der Waals surface area contributed by atoms with Gasteiger partial charge in [0.15, 0.2) is 0 Å². The van der Waals surface area contributed by atoms with Crippen LogP contribution in [0.2, 0.25) is 0 Å². The number of morpholine rings is 1. The Bertz CT molecular complexity index is 548. The Hall–Kier alpha value is -1.80. The number of carbonyl (C=O) groups excluding carboxylic acids is 1. The third kappa shape index (κ3) is 5.68. The molecule has 0 spiro atoms. The zero-order valence-electron chi connectivity index (χ0n) is 13.3. The lowest BCUT2D eigenvalue weighted by molar-refractivity contribution is -0.167. The van der Waals surface area contributed by atoms with Gasteiger partial charge in [0.25, 0.3) is 0 Å². The summed E-state index contributed by atoms with van der Waals surface area (Å²) < 4.78 is 43.0. The van der Waals surface area contributed by atoms with Crippen LogP contribution in [0.25, 0.3) is 0 Å². The van der Waals surface area contributed by atoms with Crippen molar-refractivity contribution < 1.29 is 27.8 Å². The molecule has 0 saturated carbocycles. The van der Waals surface area contributed by atoms with Crippen LogP contribution in [0.4, 0.5) is 13.2 Å². The van der Waals surface area contributed by atoms with Gasteiger partial charge >= 0.3 is 6.18 Å². The molecule has 2 rings (SSSR count). The summed E-state index contributed by atoms with van der Waals surface area (Å²) in [5.74, 6) is -0.317. The van der Waals surface area contributed by atoms with Crippen LogP contribution >= 0.6 is 0 Å². The maximum atomic E-state index is 12.6. The number of halogens is 3. The first-order chi connectivity index (χ1) is 11.2. The molecule has 1 amide bonds. The second-order valence-corrected chi connectivity index (χ2v) is 5.96. The number of phenols is 1. The molecule has 1 aromatic carbocycles. The smallest absolute Gasteiger partial charge is 0.401 e. The van der Waals surface area contributed by atoms with Gasteiger partial charge in [0, 0.05) is 12.6 Å². The van der Waals surface area contributed by atoms with Crippen molar-refractivity contribution in [1.82, 2.24) is 10.2 Å². The van der Waals surface area contributed by atoms with Crippen molar-refractivity contribution >= 4 is 5.91 Å². The number of aromatic hydroxyl groups is 1. The number of ether oxygens (including phenoxy) is 1. The van der Waals surface area contributed by atoms with Crippen molar-refractivity contribution in [3.63, 3.8) is 0 Å². The van der Waals surface area contributed by atoms with E-state index in [1.807, 2.05) is 0 Å². The fraction of sp³-hybridized carbons (Fsp3) is 0.562. The molecule has 5 nitrogen and oxygen atoms in total. The molecular formula is C16H21F3N2O3. The number of phenolic OH excluding ortho intramolecular Hbond substituents is 1. The quantitative estimate of drug-likeness (QED) is 0.852. The molecule has 8 heteroatoms. The van der Waals surface area contributed by atoms with Crippen LogP contribution in [0.5, 0.6) is 5.75 Å². The second kappa shape index (κ2) is 7.85. The van der Waals surface area contributed by atoms with Crippen LogP contribution in [0, 0.1) is 0 Å². The van der Waals surface area contributed by atoms with E-state index in [2.05, 4.69) is 5.32 Å². The summed E-state index contributed by atoms with van der Waals surface area (Å²) in [6, 6.07) is 5.36. The van der Waals surface area contributed by atoms with Crippen molar-refractivity contribution in [2.45, 2.75) is 31.6 Å². The second-order valence-electron chi connectivity index (χ2n) is 5.96. The van der Waals surface area contributed by atoms with Gasteiger partial charge in [-0.25, -0.2) is 0 Å². The number of hydrogen-bond donors (Lipinski definition) is 2. The normalized spacial score (nSPS) is 20.6. The van der Waals surface area contributed by atoms with Gasteiger partial charge < -0.3 is 15.2 Å². The molecule has 1 aromatic rings. The van der Waals surface area contributed by atoms with Crippen LogP contribution in [-0.2, 0) is 16.0 Å². The Labute approximate surface area is 138 Å². The van der Waals surface area contributed by atoms with Crippen LogP contribution in [0.1, 0.15) is 12.5 Å². The molecule has 1 heterocycles. The number of amides is 1. The monoisotopic (exact) mass is 346 g/mol. The minimum atomic E-state index is -4.35. The molecule has 0 aliphatic carbocycles. The predicted octanol–water partition coefficient (Wildman–Crippen LogP) is 1.70. The van der Waals surface area contributed by atoms with Crippen molar-refractivity contribution in [1.29, 1.82) is 0 Å². The van der Waals surface area contributed by atoms with Gasteiger partial charge in [-0.15, -0.1) is 0 Å². The molecule has 24 heavy (non-hydrogen) atoms. The van der Waals surface area contributed by atoms with Gasteiger partial charge in [-0.1, -0.05) is 12.1 Å². The molecule has 1 fully saturated rings. The Morgan fingerprint density at radius 2 is 2.08 bits per heavy atom. The van der Waals surface area contributed by atoms with Gasteiger partial charge in [-0.2, -0.15) is 13.2 Å². The number of carbonyl (C=O) groups is 1. The largest absolute Gasteiger partial charge is 0.508 e. The number of benzene rings is 1. The molecule has 1 saturated heterocycles. The average Bonchev–Trinajstić information content (AvgIpc) is 2.48. The van der Waals surface area contributed by atoms with Gasteiger partial charge in [0.05, 0.1) is 19.8 Å². The van der Waals surface area contributed by atoms with E-state index in [0.717, 1.165) is 10.5 Å². The number of nitrogens with one attached hydrogen (secondary N) is 1. The van der Waals surface area contributed by atoms with E-state index in [1.165, 1.54) is 0 Å². The zero-order valence-corrected chi connectivity index (χ0v) is 13.3. The summed E-state index contributed by atoms with van der Waals surface area (Å²) in [5.41, 5.74) is 0.910. The maximum Gasteiger partial charge on any atom is 0.401 e. The molecule has 0 radical (unpaired) electrons. The topological polar surface area (TPSA) is 61.8 Å². The Morgan fingerprint density at radius 1 is 1.42 bits per heavy atom.